The van der Waals surface area contributed by atoms with Crippen LogP contribution in [0, 0.1) is 6.92 Å². The molecule has 1 aliphatic heterocycles. The molecule has 0 aliphatic carbocycles. The van der Waals surface area contributed by atoms with Crippen LogP contribution in [0.1, 0.15) is 36.7 Å². The van der Waals surface area contributed by atoms with Crippen LogP contribution in [0.3, 0.4) is 0 Å². The maximum absolute atomic E-state index is 14.1. The minimum absolute atomic E-state index is 0.215. The summed E-state index contributed by atoms with van der Waals surface area (Å²) in [5.41, 5.74) is 4.49. The smallest absolute Gasteiger partial charge is 0.338 e. The van der Waals surface area contributed by atoms with E-state index in [1.165, 1.54) is 11.3 Å². The summed E-state index contributed by atoms with van der Waals surface area (Å²) in [4.78, 5) is 32.5. The molecule has 5 rings (SSSR count). The average Bonchev–Trinajstić information content (AvgIpc) is 3.36. The highest BCUT2D eigenvalue weighted by Gasteiger charge is 2.33. The number of thiazole rings is 1. The van der Waals surface area contributed by atoms with E-state index in [4.69, 9.17) is 14.5 Å². The van der Waals surface area contributed by atoms with Gasteiger partial charge in [-0.2, -0.15) is 0 Å². The largest absolute Gasteiger partial charge is 0.496 e. The molecule has 2 aromatic carbocycles. The number of allylic oxidation sites excluding steroid dienone is 2. The van der Waals surface area contributed by atoms with Crippen molar-refractivity contribution in [3.63, 3.8) is 0 Å². The van der Waals surface area contributed by atoms with Gasteiger partial charge in [-0.05, 0) is 66.5 Å². The van der Waals surface area contributed by atoms with Crippen LogP contribution < -0.4 is 19.6 Å². The lowest BCUT2D eigenvalue weighted by molar-refractivity contribution is -0.139. The van der Waals surface area contributed by atoms with Gasteiger partial charge in [-0.25, -0.2) is 9.79 Å². The zero-order valence-electron chi connectivity index (χ0n) is 22.2. The van der Waals surface area contributed by atoms with Gasteiger partial charge in [0.15, 0.2) is 4.80 Å². The van der Waals surface area contributed by atoms with Gasteiger partial charge in [-0.3, -0.25) is 9.36 Å². The summed E-state index contributed by atoms with van der Waals surface area (Å²) >= 11 is 4.86. The number of carbonyl (C=O) groups is 1. The first-order valence-electron chi connectivity index (χ1n) is 12.5. The molecule has 0 saturated heterocycles. The van der Waals surface area contributed by atoms with Gasteiger partial charge in [0.2, 0.25) is 0 Å². The third-order valence-electron chi connectivity index (χ3n) is 6.88. The van der Waals surface area contributed by atoms with Crippen molar-refractivity contribution in [3.8, 4) is 5.75 Å². The monoisotopic (exact) mass is 605 g/mol. The molecule has 200 valence electrons. The van der Waals surface area contributed by atoms with E-state index in [0.29, 0.717) is 37.4 Å². The van der Waals surface area contributed by atoms with Gasteiger partial charge in [0, 0.05) is 28.7 Å². The van der Waals surface area contributed by atoms with Crippen LogP contribution in [0.4, 0.5) is 0 Å². The summed E-state index contributed by atoms with van der Waals surface area (Å²) in [6.45, 7) is 10.4. The van der Waals surface area contributed by atoms with E-state index >= 15 is 0 Å². The maximum Gasteiger partial charge on any atom is 0.338 e. The van der Waals surface area contributed by atoms with Crippen molar-refractivity contribution in [1.82, 2.24) is 9.13 Å². The Kier molecular flexibility index (Phi) is 7.46. The van der Waals surface area contributed by atoms with Gasteiger partial charge in [-0.15, -0.1) is 6.58 Å². The Morgan fingerprint density at radius 3 is 2.69 bits per heavy atom. The molecular formula is C30H28BrN3O4S. The highest BCUT2D eigenvalue weighted by atomic mass is 79.9. The number of para-hydroxylation sites is 1. The number of halogens is 1. The van der Waals surface area contributed by atoms with Crippen molar-refractivity contribution < 1.29 is 14.3 Å². The molecular weight excluding hydrogens is 578 g/mol. The fourth-order valence-corrected chi connectivity index (χ4v) is 6.68. The summed E-state index contributed by atoms with van der Waals surface area (Å²) in [6.07, 6.45) is 3.80. The van der Waals surface area contributed by atoms with Crippen molar-refractivity contribution >= 4 is 50.2 Å². The molecule has 2 aromatic heterocycles. The predicted molar refractivity (Wildman–Crippen MR) is 158 cm³/mol. The number of ether oxygens (including phenoxy) is 2. The van der Waals surface area contributed by atoms with Crippen molar-refractivity contribution in [3.05, 3.63) is 107 Å². The molecule has 1 aliphatic rings. The number of fused-ring (bicyclic) bond motifs is 2. The second-order valence-electron chi connectivity index (χ2n) is 9.11. The van der Waals surface area contributed by atoms with E-state index in [1.807, 2.05) is 49.4 Å². The van der Waals surface area contributed by atoms with Crippen molar-refractivity contribution in [2.24, 2.45) is 4.99 Å². The molecule has 3 heterocycles. The van der Waals surface area contributed by atoms with E-state index < -0.39 is 12.0 Å². The molecule has 0 saturated carbocycles. The number of rotatable bonds is 7. The van der Waals surface area contributed by atoms with Gasteiger partial charge < -0.3 is 14.0 Å². The molecule has 4 aromatic rings. The molecule has 1 atom stereocenters. The lowest BCUT2D eigenvalue weighted by Gasteiger charge is -2.25. The van der Waals surface area contributed by atoms with E-state index in [9.17, 15) is 9.59 Å². The summed E-state index contributed by atoms with van der Waals surface area (Å²) in [6, 6.07) is 13.0. The quantitative estimate of drug-likeness (QED) is 0.219. The molecule has 0 spiro atoms. The molecule has 0 amide bonds. The molecule has 0 unspecified atom stereocenters. The zero-order chi connectivity index (χ0) is 27.8. The number of benzene rings is 2. The van der Waals surface area contributed by atoms with Crippen LogP contribution in [-0.2, 0) is 16.1 Å². The minimum Gasteiger partial charge on any atom is -0.496 e. The molecule has 0 bridgehead atoms. The fraction of sp³-hybridized carbons (Fsp3) is 0.233. The zero-order valence-corrected chi connectivity index (χ0v) is 24.6. The van der Waals surface area contributed by atoms with Gasteiger partial charge in [0.1, 0.15) is 5.75 Å². The molecule has 0 fully saturated rings. The summed E-state index contributed by atoms with van der Waals surface area (Å²) < 4.78 is 15.8. The number of aromatic nitrogens is 2. The molecule has 9 heteroatoms. The number of hydrogen-bond donors (Lipinski definition) is 0. The van der Waals surface area contributed by atoms with Gasteiger partial charge >= 0.3 is 5.97 Å². The number of methoxy groups -OCH3 is 1. The standard InChI is InChI=1S/C30H28BrN3O4S/c1-6-14-33-18(4)21(20-10-8-9-11-23(20)33)16-25-28(35)34-27(19-12-13-24(37-5)22(31)15-19)26(29(36)38-7-2)17(3)32-30(34)39-25/h6,8-13,15-16,27H,1,7,14H2,2-5H3/b25-16+/t27-/m1/s1. The van der Waals surface area contributed by atoms with E-state index in [1.54, 1.807) is 25.5 Å². The average molecular weight is 607 g/mol. The van der Waals surface area contributed by atoms with Crippen LogP contribution in [0.25, 0.3) is 17.0 Å². The molecule has 39 heavy (non-hydrogen) atoms. The van der Waals surface area contributed by atoms with Gasteiger partial charge in [0.25, 0.3) is 5.56 Å². The SMILES string of the molecule is C=CCn1c(C)c(/C=c2/sc3n(c2=O)[C@H](c2ccc(OC)c(Br)c2)C(C(=O)OCC)=C(C)N=3)c2ccccc21. The third-order valence-corrected chi connectivity index (χ3v) is 8.48. The van der Waals surface area contributed by atoms with Crippen LogP contribution in [0.15, 0.2) is 80.6 Å². The fourth-order valence-electron chi connectivity index (χ4n) is 5.10. The summed E-state index contributed by atoms with van der Waals surface area (Å²) in [5.74, 6) is 0.157. The van der Waals surface area contributed by atoms with E-state index in [0.717, 1.165) is 27.7 Å². The highest BCUT2D eigenvalue weighted by molar-refractivity contribution is 9.10. The second-order valence-corrected chi connectivity index (χ2v) is 11.0. The first-order chi connectivity index (χ1) is 18.8. The minimum atomic E-state index is -0.701. The van der Waals surface area contributed by atoms with Gasteiger partial charge in [-0.1, -0.05) is 41.7 Å². The Balaban J connectivity index is 1.77. The predicted octanol–water partition coefficient (Wildman–Crippen LogP) is 5.02. The van der Waals surface area contributed by atoms with Crippen LogP contribution in [0.5, 0.6) is 5.75 Å². The highest BCUT2D eigenvalue weighted by Crippen LogP contribution is 2.35. The Bertz CT molecular complexity index is 1840. The first kappa shape index (κ1) is 26.9. The van der Waals surface area contributed by atoms with E-state index in [2.05, 4.69) is 39.2 Å². The van der Waals surface area contributed by atoms with Crippen LogP contribution >= 0.6 is 27.3 Å². The van der Waals surface area contributed by atoms with Crippen LogP contribution in [-0.4, -0.2) is 28.8 Å². The Morgan fingerprint density at radius 1 is 1.23 bits per heavy atom. The summed E-state index contributed by atoms with van der Waals surface area (Å²) in [5, 5.41) is 1.06. The van der Waals surface area contributed by atoms with Crippen molar-refractivity contribution in [1.29, 1.82) is 0 Å². The lowest BCUT2D eigenvalue weighted by atomic mass is 9.96. The van der Waals surface area contributed by atoms with Crippen molar-refractivity contribution in [2.75, 3.05) is 13.7 Å². The summed E-state index contributed by atoms with van der Waals surface area (Å²) in [7, 11) is 1.59. The molecule has 0 N–H and O–H groups in total. The Morgan fingerprint density at radius 2 is 2.00 bits per heavy atom. The third kappa shape index (κ3) is 4.59. The number of esters is 1. The van der Waals surface area contributed by atoms with Crippen LogP contribution in [0.2, 0.25) is 0 Å². The Hall–Kier alpha value is -3.69. The van der Waals surface area contributed by atoms with Crippen molar-refractivity contribution in [2.45, 2.75) is 33.4 Å². The number of carbonyl (C=O) groups excluding carboxylic acids is 1. The first-order valence-corrected chi connectivity index (χ1v) is 14.1. The maximum atomic E-state index is 14.1. The normalized spacial score (nSPS) is 15.3. The number of hydrogen-bond acceptors (Lipinski definition) is 6. The topological polar surface area (TPSA) is 74.8 Å². The van der Waals surface area contributed by atoms with E-state index in [-0.39, 0.29) is 12.2 Å². The lowest BCUT2D eigenvalue weighted by Crippen LogP contribution is -2.40. The number of nitrogens with zero attached hydrogens (tertiary/aromatic N) is 3. The molecule has 0 radical (unpaired) electrons. The van der Waals surface area contributed by atoms with Gasteiger partial charge in [0.05, 0.1) is 40.0 Å². The second kappa shape index (κ2) is 10.8. The Labute approximate surface area is 238 Å². The molecule has 7 nitrogen and oxygen atoms in total.